The number of rotatable bonds is 15. The number of benzene rings is 2. The Labute approximate surface area is 351 Å². The van der Waals surface area contributed by atoms with Crippen molar-refractivity contribution >= 4 is 41.4 Å². The fourth-order valence-electron chi connectivity index (χ4n) is 9.55. The summed E-state index contributed by atoms with van der Waals surface area (Å²) >= 11 is 0. The zero-order valence-electron chi connectivity index (χ0n) is 35.0. The lowest BCUT2D eigenvalue weighted by atomic mass is 9.72. The minimum atomic E-state index is -1.22. The van der Waals surface area contributed by atoms with Crippen LogP contribution in [0.4, 0.5) is 15.4 Å². The number of aryl methyl sites for hydroxylation is 1. The molecule has 0 unspecified atom stereocenters. The van der Waals surface area contributed by atoms with Gasteiger partial charge in [0.2, 0.25) is 11.8 Å². The van der Waals surface area contributed by atoms with Gasteiger partial charge in [-0.2, -0.15) is 10.2 Å². The second-order valence-corrected chi connectivity index (χ2v) is 17.4. The number of hydrogen-bond donors (Lipinski definition) is 6. The number of fused-ring (bicyclic) bond motifs is 3. The molecule has 0 aliphatic heterocycles. The molecule has 6 amide bonds. The number of hydrogen-bond acceptors (Lipinski definition) is 8. The average molecular weight is 822 g/mol. The van der Waals surface area contributed by atoms with E-state index in [0.717, 1.165) is 73.6 Å². The molecule has 15 nitrogen and oxygen atoms in total. The summed E-state index contributed by atoms with van der Waals surface area (Å²) in [5.41, 5.74) is 5.45. The summed E-state index contributed by atoms with van der Waals surface area (Å²) in [7, 11) is 1.73. The first-order valence-electron chi connectivity index (χ1n) is 21.6. The maximum Gasteiger partial charge on any atom is 0.407 e. The van der Waals surface area contributed by atoms with E-state index in [2.05, 4.69) is 73.4 Å². The highest BCUT2D eigenvalue weighted by Gasteiger charge is 2.48. The number of ether oxygens (including phenoxy) is 1. The van der Waals surface area contributed by atoms with Crippen LogP contribution in [0, 0.1) is 17.3 Å². The van der Waals surface area contributed by atoms with E-state index in [4.69, 9.17) is 4.74 Å². The molecule has 4 aliphatic rings. The summed E-state index contributed by atoms with van der Waals surface area (Å²) in [4.78, 5) is 67.6. The summed E-state index contributed by atoms with van der Waals surface area (Å²) in [6, 6.07) is 16.3. The molecule has 7 rings (SSSR count). The number of carbonyl (C=O) groups excluding carboxylic acids is 5. The van der Waals surface area contributed by atoms with Gasteiger partial charge in [-0.3, -0.25) is 19.1 Å². The smallest absolute Gasteiger partial charge is 0.407 e. The molecule has 1 heterocycles. The van der Waals surface area contributed by atoms with Gasteiger partial charge in [0.1, 0.15) is 12.6 Å². The predicted octanol–water partition coefficient (Wildman–Crippen LogP) is 5.87. The Morgan fingerprint density at radius 2 is 1.55 bits per heavy atom. The number of amides is 6. The van der Waals surface area contributed by atoms with Gasteiger partial charge in [-0.05, 0) is 105 Å². The molecule has 4 aliphatic carbocycles. The molecule has 60 heavy (non-hydrogen) atoms. The first kappa shape index (κ1) is 42.4. The fraction of sp³-hybridized carbons (Fsp3) is 0.533. The molecule has 6 N–H and O–H groups in total. The van der Waals surface area contributed by atoms with E-state index in [-0.39, 0.29) is 47.2 Å². The van der Waals surface area contributed by atoms with Crippen LogP contribution in [0.1, 0.15) is 108 Å². The lowest BCUT2D eigenvalue weighted by Crippen LogP contribution is -2.65. The van der Waals surface area contributed by atoms with Crippen molar-refractivity contribution in [2.75, 3.05) is 25.0 Å². The third-order valence-electron chi connectivity index (χ3n) is 13.0. The van der Waals surface area contributed by atoms with Crippen LogP contribution in [0.25, 0.3) is 11.1 Å². The molecule has 320 valence electrons. The van der Waals surface area contributed by atoms with Crippen LogP contribution in [0.3, 0.4) is 0 Å². The van der Waals surface area contributed by atoms with Crippen molar-refractivity contribution in [2.24, 2.45) is 29.4 Å². The van der Waals surface area contributed by atoms with Crippen LogP contribution in [0.15, 0.2) is 65.9 Å². The average Bonchev–Trinajstić information content (AvgIpc) is 3.94. The molecule has 0 bridgehead atoms. The summed E-state index contributed by atoms with van der Waals surface area (Å²) < 4.78 is 7.45. The number of alkyl carbamates (subject to hydrolysis) is 1. The maximum atomic E-state index is 14.5. The van der Waals surface area contributed by atoms with Gasteiger partial charge in [-0.15, -0.1) is 0 Å². The van der Waals surface area contributed by atoms with Crippen LogP contribution in [-0.2, 0) is 26.2 Å². The zero-order valence-corrected chi connectivity index (χ0v) is 35.0. The Bertz CT molecular complexity index is 2030. The van der Waals surface area contributed by atoms with Gasteiger partial charge in [0.05, 0.1) is 5.54 Å². The Balaban J connectivity index is 1.04. The Kier molecular flexibility index (Phi) is 13.2. The normalized spacial score (nSPS) is 20.7. The van der Waals surface area contributed by atoms with Crippen molar-refractivity contribution in [2.45, 2.75) is 108 Å². The number of hydrazone groups is 1. The summed E-state index contributed by atoms with van der Waals surface area (Å²) in [6.45, 7) is 5.15. The highest BCUT2D eigenvalue weighted by molar-refractivity contribution is 6.46. The minimum Gasteiger partial charge on any atom is -0.449 e. The molecule has 2 aromatic carbocycles. The summed E-state index contributed by atoms with van der Waals surface area (Å²) in [5.74, 6) is -0.662. The molecule has 1 atom stereocenters. The van der Waals surface area contributed by atoms with Gasteiger partial charge in [0.15, 0.2) is 11.5 Å². The molecular formula is C45H59N9O6. The second kappa shape index (κ2) is 18.7. The number of nitrogens with zero attached hydrogens (tertiary/aromatic N) is 3. The molecule has 3 saturated carbocycles. The van der Waals surface area contributed by atoms with E-state index >= 15 is 0 Å². The van der Waals surface area contributed by atoms with Crippen LogP contribution in [0.2, 0.25) is 0 Å². The lowest BCUT2D eigenvalue weighted by Gasteiger charge is -2.43. The van der Waals surface area contributed by atoms with E-state index < -0.39 is 35.5 Å². The number of urea groups is 1. The third kappa shape index (κ3) is 9.82. The van der Waals surface area contributed by atoms with E-state index in [1.54, 1.807) is 24.0 Å². The second-order valence-electron chi connectivity index (χ2n) is 17.4. The number of carbonyl (C=O) groups is 5. The van der Waals surface area contributed by atoms with Gasteiger partial charge in [0, 0.05) is 44.2 Å². The van der Waals surface area contributed by atoms with Gasteiger partial charge in [0.25, 0.3) is 5.91 Å². The van der Waals surface area contributed by atoms with E-state index in [0.29, 0.717) is 38.8 Å². The van der Waals surface area contributed by atoms with E-state index in [1.807, 2.05) is 31.2 Å². The van der Waals surface area contributed by atoms with Crippen LogP contribution >= 0.6 is 0 Å². The SMILES string of the molecule is CCNC(=O)C1CCC(CNC(=O)N/N=C(\C(=O)Nc2ccn(C)n2)C2(NC(=O)[C@H](CC3(C)CCCC3)NC(=O)OCC3c4ccccc4-c4ccccc43)CCC2)CC1. The molecular weight excluding hydrogens is 763 g/mol. The van der Waals surface area contributed by atoms with Crippen molar-refractivity contribution in [1.29, 1.82) is 0 Å². The van der Waals surface area contributed by atoms with Gasteiger partial charge in [-0.25, -0.2) is 15.0 Å². The Morgan fingerprint density at radius 3 is 2.15 bits per heavy atom. The quantitative estimate of drug-likeness (QED) is 0.0814. The van der Waals surface area contributed by atoms with Crippen molar-refractivity contribution in [3.8, 4) is 11.1 Å². The van der Waals surface area contributed by atoms with Gasteiger partial charge in [-0.1, -0.05) is 68.3 Å². The van der Waals surface area contributed by atoms with Crippen molar-refractivity contribution in [3.05, 3.63) is 71.9 Å². The summed E-state index contributed by atoms with van der Waals surface area (Å²) in [6.07, 6.45) is 9.90. The molecule has 3 fully saturated rings. The van der Waals surface area contributed by atoms with Gasteiger partial charge >= 0.3 is 12.1 Å². The number of anilines is 1. The monoisotopic (exact) mass is 821 g/mol. The van der Waals surface area contributed by atoms with Gasteiger partial charge < -0.3 is 31.3 Å². The van der Waals surface area contributed by atoms with Crippen LogP contribution in [-0.4, -0.2) is 76.6 Å². The van der Waals surface area contributed by atoms with E-state index in [9.17, 15) is 24.0 Å². The summed E-state index contributed by atoms with van der Waals surface area (Å²) in [5, 5.41) is 23.2. The highest BCUT2D eigenvalue weighted by Crippen LogP contribution is 2.45. The Hall–Kier alpha value is -5.73. The van der Waals surface area contributed by atoms with Crippen LogP contribution < -0.4 is 32.0 Å². The fourth-order valence-corrected chi connectivity index (χ4v) is 9.55. The third-order valence-corrected chi connectivity index (χ3v) is 13.0. The first-order valence-corrected chi connectivity index (χ1v) is 21.6. The Morgan fingerprint density at radius 1 is 0.883 bits per heavy atom. The van der Waals surface area contributed by atoms with Crippen molar-refractivity contribution in [1.82, 2.24) is 36.5 Å². The molecule has 15 heteroatoms. The van der Waals surface area contributed by atoms with Crippen molar-refractivity contribution < 1.29 is 28.7 Å². The molecule has 0 spiro atoms. The molecule has 0 saturated heterocycles. The molecule has 0 radical (unpaired) electrons. The lowest BCUT2D eigenvalue weighted by molar-refractivity contribution is -0.126. The molecule has 3 aromatic rings. The standard InChI is InChI=1S/C45H59N9O6/c1-4-46-39(55)30-18-16-29(17-19-30)27-47-42(58)52-51-38(41(57)49-37-20-25-54(3)53-37)45(23-11-24-45)50-40(56)36(26-44(2)21-9-10-22-44)48-43(59)60-28-35-33-14-7-5-12-31(33)32-13-6-8-15-34(32)35/h5-8,12-15,20,25,29-30,35-36H,4,9-11,16-19,21-24,26-28H2,1-3H3,(H,46,55)(H,48,59)(H,50,56)(H2,47,52,58)(H,49,53,57)/b51-38+/t29?,30?,36-/m0/s1. The van der Waals surface area contributed by atoms with E-state index in [1.165, 1.54) is 0 Å². The first-order chi connectivity index (χ1) is 29.0. The predicted molar refractivity (Wildman–Crippen MR) is 228 cm³/mol. The number of nitrogens with one attached hydrogen (secondary N) is 6. The largest absolute Gasteiger partial charge is 0.449 e. The maximum absolute atomic E-state index is 14.5. The highest BCUT2D eigenvalue weighted by atomic mass is 16.5. The topological polar surface area (TPSA) is 197 Å². The minimum absolute atomic E-state index is 0.0107. The molecule has 1 aromatic heterocycles. The zero-order chi connectivity index (χ0) is 42.3. The van der Waals surface area contributed by atoms with Crippen molar-refractivity contribution in [3.63, 3.8) is 0 Å². The number of aromatic nitrogens is 2. The van der Waals surface area contributed by atoms with Crippen LogP contribution in [0.5, 0.6) is 0 Å².